The summed E-state index contributed by atoms with van der Waals surface area (Å²) in [4.78, 5) is 12.8. The van der Waals surface area contributed by atoms with E-state index in [1.165, 1.54) is 0 Å². The summed E-state index contributed by atoms with van der Waals surface area (Å²) in [5, 5.41) is 0. The molecule has 2 aromatic carbocycles. The molecule has 4 nitrogen and oxygen atoms in total. The number of hydrogen-bond acceptors (Lipinski definition) is 4. The highest BCUT2D eigenvalue weighted by atomic mass is 16.5. The molecule has 0 amide bonds. The fraction of sp³-hybridized carbons (Fsp3) is 0.464. The number of benzene rings is 2. The van der Waals surface area contributed by atoms with Gasteiger partial charge in [-0.05, 0) is 96.9 Å². The quantitative estimate of drug-likeness (QED) is 0.305. The number of hydrogen-bond donors (Lipinski definition) is 0. The Morgan fingerprint density at radius 3 is 2.03 bits per heavy atom. The van der Waals surface area contributed by atoms with E-state index in [0.717, 1.165) is 41.2 Å². The van der Waals surface area contributed by atoms with Gasteiger partial charge >= 0.3 is 0 Å². The van der Waals surface area contributed by atoms with Crippen molar-refractivity contribution in [1.82, 2.24) is 0 Å². The van der Waals surface area contributed by atoms with Gasteiger partial charge in [0.05, 0.1) is 6.61 Å². The van der Waals surface area contributed by atoms with Gasteiger partial charge in [-0.15, -0.1) is 0 Å². The topological polar surface area (TPSA) is 44.8 Å². The van der Waals surface area contributed by atoms with Crippen LogP contribution in [0, 0.1) is 0 Å². The molecule has 0 radical (unpaired) electrons. The molecule has 0 N–H and O–H groups in total. The van der Waals surface area contributed by atoms with Crippen molar-refractivity contribution in [3.63, 3.8) is 0 Å². The van der Waals surface area contributed by atoms with E-state index >= 15 is 0 Å². The maximum atomic E-state index is 12.8. The van der Waals surface area contributed by atoms with Crippen LogP contribution >= 0.6 is 0 Å². The van der Waals surface area contributed by atoms with Gasteiger partial charge < -0.3 is 14.2 Å². The molecule has 32 heavy (non-hydrogen) atoms. The average molecular weight is 439 g/mol. The zero-order valence-electron chi connectivity index (χ0n) is 20.9. The van der Waals surface area contributed by atoms with Gasteiger partial charge in [0.15, 0.2) is 5.78 Å². The molecule has 174 valence electrons. The summed E-state index contributed by atoms with van der Waals surface area (Å²) in [7, 11) is 0. The fourth-order valence-corrected chi connectivity index (χ4v) is 3.28. The molecule has 0 aromatic heterocycles. The SMILES string of the molecule is CCCc1c(/C=C/C(=O)c2ccc(OCC)cc2)cc(OC(C)(C)C)cc1OC(C)(C)C. The van der Waals surface area contributed by atoms with E-state index in [4.69, 9.17) is 14.2 Å². The van der Waals surface area contributed by atoms with E-state index < -0.39 is 0 Å². The molecule has 0 unspecified atom stereocenters. The predicted molar refractivity (Wildman–Crippen MR) is 132 cm³/mol. The van der Waals surface area contributed by atoms with Crippen molar-refractivity contribution < 1.29 is 19.0 Å². The first kappa shape index (κ1) is 25.5. The normalized spacial score (nSPS) is 12.1. The van der Waals surface area contributed by atoms with E-state index in [9.17, 15) is 4.79 Å². The van der Waals surface area contributed by atoms with E-state index in [2.05, 4.69) is 6.92 Å². The molecule has 0 aliphatic rings. The van der Waals surface area contributed by atoms with Gasteiger partial charge in [-0.1, -0.05) is 19.4 Å². The Labute approximate surface area is 193 Å². The number of allylic oxidation sites excluding steroid dienone is 1. The Hall–Kier alpha value is -2.75. The summed E-state index contributed by atoms with van der Waals surface area (Å²) in [5.41, 5.74) is 1.95. The monoisotopic (exact) mass is 438 g/mol. The highest BCUT2D eigenvalue weighted by molar-refractivity contribution is 6.07. The second-order valence-corrected chi connectivity index (χ2v) is 9.82. The Balaban J connectivity index is 2.44. The maximum Gasteiger partial charge on any atom is 0.185 e. The van der Waals surface area contributed by atoms with Crippen LogP contribution in [-0.2, 0) is 6.42 Å². The molecule has 2 rings (SSSR count). The van der Waals surface area contributed by atoms with Gasteiger partial charge in [0.1, 0.15) is 28.5 Å². The van der Waals surface area contributed by atoms with Crippen LogP contribution in [-0.4, -0.2) is 23.6 Å². The van der Waals surface area contributed by atoms with Crippen molar-refractivity contribution in [3.8, 4) is 17.2 Å². The molecular formula is C28H38O4. The summed E-state index contributed by atoms with van der Waals surface area (Å²) in [5.74, 6) is 2.23. The molecule has 4 heteroatoms. The lowest BCUT2D eigenvalue weighted by atomic mass is 9.99. The second-order valence-electron chi connectivity index (χ2n) is 9.82. The summed E-state index contributed by atoms with van der Waals surface area (Å²) in [6.07, 6.45) is 5.30. The maximum absolute atomic E-state index is 12.8. The molecule has 2 aromatic rings. The Morgan fingerprint density at radius 2 is 1.50 bits per heavy atom. The largest absolute Gasteiger partial charge is 0.494 e. The predicted octanol–water partition coefficient (Wildman–Crippen LogP) is 7.29. The van der Waals surface area contributed by atoms with Gasteiger partial charge in [0.25, 0.3) is 0 Å². The number of ether oxygens (including phenoxy) is 3. The first-order valence-electron chi connectivity index (χ1n) is 11.4. The van der Waals surface area contributed by atoms with Crippen LogP contribution in [0.2, 0.25) is 0 Å². The third-order valence-electron chi connectivity index (χ3n) is 4.42. The molecule has 0 fully saturated rings. The van der Waals surface area contributed by atoms with Crippen molar-refractivity contribution in [3.05, 3.63) is 59.2 Å². The summed E-state index contributed by atoms with van der Waals surface area (Å²) >= 11 is 0. The molecule has 0 aliphatic carbocycles. The van der Waals surface area contributed by atoms with E-state index in [0.29, 0.717) is 12.2 Å². The van der Waals surface area contributed by atoms with Gasteiger partial charge in [-0.2, -0.15) is 0 Å². The second kappa shape index (κ2) is 10.7. The van der Waals surface area contributed by atoms with Crippen molar-refractivity contribution in [2.75, 3.05) is 6.61 Å². The van der Waals surface area contributed by atoms with Gasteiger partial charge in [0.2, 0.25) is 0 Å². The van der Waals surface area contributed by atoms with E-state index in [-0.39, 0.29) is 17.0 Å². The van der Waals surface area contributed by atoms with Gasteiger partial charge in [0, 0.05) is 17.2 Å². The number of carbonyl (C=O) groups excluding carboxylic acids is 1. The third kappa shape index (κ3) is 8.07. The lowest BCUT2D eigenvalue weighted by molar-refractivity contribution is 0.104. The molecule has 0 spiro atoms. The Morgan fingerprint density at radius 1 is 0.875 bits per heavy atom. The van der Waals surface area contributed by atoms with Crippen molar-refractivity contribution in [2.24, 2.45) is 0 Å². The zero-order chi connectivity index (χ0) is 23.9. The van der Waals surface area contributed by atoms with Gasteiger partial charge in [-0.25, -0.2) is 0 Å². The molecule has 0 saturated heterocycles. The average Bonchev–Trinajstić information content (AvgIpc) is 2.66. The molecule has 0 saturated carbocycles. The molecule has 0 atom stereocenters. The fourth-order valence-electron chi connectivity index (χ4n) is 3.28. The highest BCUT2D eigenvalue weighted by Crippen LogP contribution is 2.35. The first-order valence-corrected chi connectivity index (χ1v) is 11.4. The molecule has 0 aliphatic heterocycles. The van der Waals surface area contributed by atoms with E-state index in [1.807, 2.05) is 78.8 Å². The smallest absolute Gasteiger partial charge is 0.185 e. The van der Waals surface area contributed by atoms with Gasteiger partial charge in [-0.3, -0.25) is 4.79 Å². The minimum Gasteiger partial charge on any atom is -0.494 e. The zero-order valence-corrected chi connectivity index (χ0v) is 20.9. The Kier molecular flexibility index (Phi) is 8.54. The first-order chi connectivity index (χ1) is 14.9. The standard InChI is InChI=1S/C28H38O4/c1-9-11-24-21(14-17-25(29)20-12-15-22(16-13-20)30-10-2)18-23(31-27(3,4)5)19-26(24)32-28(6,7)8/h12-19H,9-11H2,1-8H3/b17-14+. The van der Waals surface area contributed by atoms with Crippen molar-refractivity contribution in [1.29, 1.82) is 0 Å². The van der Waals surface area contributed by atoms with Crippen LogP contribution in [0.1, 0.15) is 83.3 Å². The molecule has 0 bridgehead atoms. The van der Waals surface area contributed by atoms with Crippen LogP contribution in [0.4, 0.5) is 0 Å². The summed E-state index contributed by atoms with van der Waals surface area (Å²) < 4.78 is 17.9. The Bertz CT molecular complexity index is 926. The van der Waals surface area contributed by atoms with Crippen molar-refractivity contribution in [2.45, 2.75) is 79.4 Å². The number of carbonyl (C=O) groups is 1. The van der Waals surface area contributed by atoms with Crippen molar-refractivity contribution >= 4 is 11.9 Å². The summed E-state index contributed by atoms with van der Waals surface area (Å²) in [6.45, 7) is 16.8. The summed E-state index contributed by atoms with van der Waals surface area (Å²) in [6, 6.07) is 11.2. The minimum absolute atomic E-state index is 0.0593. The molecular weight excluding hydrogens is 400 g/mol. The van der Waals surface area contributed by atoms with Crippen LogP contribution in [0.25, 0.3) is 6.08 Å². The van der Waals surface area contributed by atoms with Crippen LogP contribution in [0.5, 0.6) is 17.2 Å². The van der Waals surface area contributed by atoms with E-state index in [1.54, 1.807) is 18.2 Å². The van der Waals surface area contributed by atoms with Crippen LogP contribution in [0.3, 0.4) is 0 Å². The lowest BCUT2D eigenvalue weighted by Gasteiger charge is -2.27. The number of rotatable bonds is 9. The molecule has 0 heterocycles. The number of ketones is 1. The minimum atomic E-state index is -0.345. The lowest BCUT2D eigenvalue weighted by Crippen LogP contribution is -2.25. The highest BCUT2D eigenvalue weighted by Gasteiger charge is 2.20. The van der Waals surface area contributed by atoms with Crippen LogP contribution in [0.15, 0.2) is 42.5 Å². The third-order valence-corrected chi connectivity index (χ3v) is 4.42. The van der Waals surface area contributed by atoms with Crippen LogP contribution < -0.4 is 14.2 Å².